The molecule has 27 nitrogen and oxygen atoms in total. The number of likely N-dealkylation sites (tertiary alicyclic amines) is 1. The number of rotatable bonds is 38. The van der Waals surface area contributed by atoms with Crippen LogP contribution in [0.5, 0.6) is 0 Å². The van der Waals surface area contributed by atoms with Crippen molar-refractivity contribution in [2.24, 2.45) is 35.3 Å². The first kappa shape index (κ1) is 81.0. The average Bonchev–Trinajstić information content (AvgIpc) is 0.779. The number of hydrogen-bond donors (Lipinski definition) is 5. The number of nitrogens with one attached hydrogen (secondary N) is 2. The maximum atomic E-state index is 14.7. The van der Waals surface area contributed by atoms with Gasteiger partial charge in [-0.1, -0.05) is 58.1 Å². The van der Waals surface area contributed by atoms with Gasteiger partial charge in [0.25, 0.3) is 17.6 Å². The van der Waals surface area contributed by atoms with E-state index in [1.807, 2.05) is 55.7 Å². The topological polar surface area (TPSA) is 345 Å². The summed E-state index contributed by atoms with van der Waals surface area (Å²) in [6.45, 7) is 22.9. The first-order chi connectivity index (χ1) is 47.4. The van der Waals surface area contributed by atoms with Crippen molar-refractivity contribution in [3.8, 4) is 0 Å². The second-order valence-electron chi connectivity index (χ2n) is 26.7. The summed E-state index contributed by atoms with van der Waals surface area (Å²) in [7, 11) is 4.43. The van der Waals surface area contributed by atoms with E-state index >= 15 is 0 Å². The van der Waals surface area contributed by atoms with E-state index in [2.05, 4.69) is 37.1 Å². The van der Waals surface area contributed by atoms with E-state index in [1.54, 1.807) is 59.4 Å². The van der Waals surface area contributed by atoms with Crippen LogP contribution in [0.3, 0.4) is 0 Å². The zero-order valence-electron chi connectivity index (χ0n) is 60.0. The number of allylic oxidation sites excluding steroid dienone is 5. The first-order valence-electron chi connectivity index (χ1n) is 35.1. The van der Waals surface area contributed by atoms with E-state index in [0.29, 0.717) is 146 Å². The van der Waals surface area contributed by atoms with Crippen molar-refractivity contribution in [3.05, 3.63) is 84.0 Å². The average molecular weight is 1390 g/mol. The SMILES string of the molecule is C=C[C@@H](C)C[C@@H](C)C(=O)[C@H](OC)[C@H](O)/C(C)=C/[C@@H](C)C(=O)C[C@H](OC(=O)[C@@H]1CCCCN1C(=O)C(=O)[C@]1(O)O[C@H](C[C@H](OC)/C(C)=C/C=C/C)CC[C@H]1C)[C@H](N)C[C@@H]1CC[C@@H](OC(=O)NCc2cnc(N3CCN(c4ncc(C(=O)NCCOCCOCC)cn4)CC3)nc2)[C@H](OC)C1. The molecule has 6 rings (SSSR count). The number of amides is 3. The molecule has 550 valence electrons. The molecule has 0 bridgehead atoms. The molecular formula is C72H110N10O17. The third kappa shape index (κ3) is 23.6. The minimum Gasteiger partial charge on any atom is -0.459 e. The number of piperazine rings is 1. The van der Waals surface area contributed by atoms with E-state index in [4.69, 9.17) is 43.6 Å². The van der Waals surface area contributed by atoms with Crippen molar-refractivity contribution in [1.82, 2.24) is 35.5 Å². The molecule has 3 aliphatic heterocycles. The number of piperidine rings is 1. The predicted octanol–water partition coefficient (Wildman–Crippen LogP) is 6.13. The highest BCUT2D eigenvalue weighted by Crippen LogP contribution is 2.38. The van der Waals surface area contributed by atoms with Gasteiger partial charge in [-0.25, -0.2) is 29.5 Å². The fraction of sp³-hybridized carbons (Fsp3) is 0.681. The van der Waals surface area contributed by atoms with Crippen LogP contribution >= 0.6 is 0 Å². The van der Waals surface area contributed by atoms with Crippen molar-refractivity contribution in [2.75, 3.05) is 96.8 Å². The number of anilines is 2. The first-order valence-corrected chi connectivity index (χ1v) is 35.1. The summed E-state index contributed by atoms with van der Waals surface area (Å²) in [5, 5.41) is 29.1. The highest BCUT2D eigenvalue weighted by molar-refractivity contribution is 6.39. The quantitative estimate of drug-likeness (QED) is 0.0166. The van der Waals surface area contributed by atoms with Gasteiger partial charge in [0, 0.05) is 141 Å². The Labute approximate surface area is 583 Å². The summed E-state index contributed by atoms with van der Waals surface area (Å²) in [5.41, 5.74) is 9.27. The predicted molar refractivity (Wildman–Crippen MR) is 370 cm³/mol. The Kier molecular flexibility index (Phi) is 33.1. The molecule has 99 heavy (non-hydrogen) atoms. The molecule has 0 unspecified atom stereocenters. The molecule has 0 spiro atoms. The van der Waals surface area contributed by atoms with Gasteiger partial charge in [0.1, 0.15) is 36.2 Å². The lowest BCUT2D eigenvalue weighted by Gasteiger charge is -2.42. The minimum absolute atomic E-state index is 0.00663. The molecule has 2 aromatic rings. The van der Waals surface area contributed by atoms with Crippen LogP contribution in [0.1, 0.15) is 148 Å². The van der Waals surface area contributed by atoms with Crippen molar-refractivity contribution < 1.29 is 81.7 Å². The highest BCUT2D eigenvalue weighted by Gasteiger charge is 2.53. The summed E-state index contributed by atoms with van der Waals surface area (Å²) < 4.78 is 46.3. The van der Waals surface area contributed by atoms with Gasteiger partial charge in [-0.05, 0) is 115 Å². The highest BCUT2D eigenvalue weighted by atomic mass is 16.6. The van der Waals surface area contributed by atoms with Crippen molar-refractivity contribution in [3.63, 3.8) is 0 Å². The number of aromatic nitrogens is 4. The van der Waals surface area contributed by atoms with Crippen LogP contribution in [0.25, 0.3) is 0 Å². The van der Waals surface area contributed by atoms with Crippen LogP contribution in [-0.4, -0.2) is 224 Å². The summed E-state index contributed by atoms with van der Waals surface area (Å²) in [4.78, 5) is 121. The normalized spacial score (nSPS) is 24.2. The number of ether oxygens (including phenoxy) is 8. The van der Waals surface area contributed by atoms with E-state index < -0.39 is 102 Å². The van der Waals surface area contributed by atoms with Gasteiger partial charge in [-0.15, -0.1) is 6.58 Å². The van der Waals surface area contributed by atoms with Gasteiger partial charge in [-0.2, -0.15) is 0 Å². The van der Waals surface area contributed by atoms with E-state index in [0.717, 1.165) is 10.5 Å². The molecule has 4 aliphatic rings. The summed E-state index contributed by atoms with van der Waals surface area (Å²) in [6, 6.07) is -2.23. The lowest BCUT2D eigenvalue weighted by molar-refractivity contribution is -0.265. The maximum Gasteiger partial charge on any atom is 0.407 e. The van der Waals surface area contributed by atoms with Crippen LogP contribution in [0.15, 0.2) is 72.9 Å². The number of ketones is 3. The van der Waals surface area contributed by atoms with E-state index in [1.165, 1.54) is 26.6 Å². The number of esters is 1. The number of carbonyl (C=O) groups is 7. The van der Waals surface area contributed by atoms with E-state index in [-0.39, 0.29) is 62.0 Å². The Morgan fingerprint density at radius 3 is 2.12 bits per heavy atom. The molecule has 1 aliphatic carbocycles. The number of Topliss-reactive ketones (excluding diaryl/α,β-unsaturated/α-hetero) is 3. The summed E-state index contributed by atoms with van der Waals surface area (Å²) in [5.74, 6) is -7.84. The molecule has 15 atom stereocenters. The molecule has 4 fully saturated rings. The number of methoxy groups -OCH3 is 3. The van der Waals surface area contributed by atoms with Gasteiger partial charge >= 0.3 is 12.1 Å². The minimum atomic E-state index is -2.49. The Morgan fingerprint density at radius 1 is 0.828 bits per heavy atom. The van der Waals surface area contributed by atoms with Crippen LogP contribution in [0, 0.1) is 29.6 Å². The fourth-order valence-electron chi connectivity index (χ4n) is 13.1. The molecule has 3 saturated heterocycles. The Bertz CT molecular complexity index is 3040. The third-order valence-electron chi connectivity index (χ3n) is 19.4. The smallest absolute Gasteiger partial charge is 0.407 e. The molecule has 2 aromatic heterocycles. The second-order valence-corrected chi connectivity index (χ2v) is 26.7. The number of carbonyl (C=O) groups excluding carboxylic acids is 7. The molecular weight excluding hydrogens is 1280 g/mol. The standard InChI is InChI=1S/C72H110N10O17/c1-13-16-19-46(5)59(92-10)38-54-23-21-50(9)72(91,99-54)65(86)67(88)82-26-18-17-20-56(82)68(89)97-60(39-57(83)47(6)35-49(8)63(85)64(94-12)62(84)48(7)34-45(4)14-2)55(73)36-51-22-24-58(61(37-51)93-11)98-71(90)79-42-52-40-75-69(76-41-52)80-27-29-81(30-28-80)70-77-43-53(44-78-70)66(87)74-25-31-96-33-32-95-15-3/h13-14,16,19,35,40-41,43-45,47-48,50-51,54-56,58-61,63-64,85,91H,2,15,17-18,20-34,36-39,42,73H2,1,3-12H3,(H,74,87)(H,79,90)/b16-13+,46-19+,49-35+/t45-,47-,48-,50-,51+,54+,55-,56+,58-,59+,60+,61-,63-,64+,72-/m1/s1. The number of aliphatic hydroxyl groups is 2. The van der Waals surface area contributed by atoms with Crippen LogP contribution in [-0.2, 0) is 68.4 Å². The molecule has 27 heteroatoms. The van der Waals surface area contributed by atoms with Gasteiger partial charge in [-0.3, -0.25) is 24.0 Å². The van der Waals surface area contributed by atoms with Crippen molar-refractivity contribution in [1.29, 1.82) is 0 Å². The third-order valence-corrected chi connectivity index (χ3v) is 19.4. The monoisotopic (exact) mass is 1390 g/mol. The maximum absolute atomic E-state index is 14.7. The lowest BCUT2D eigenvalue weighted by Crippen LogP contribution is -2.61. The number of nitrogens with zero attached hydrogens (tertiary/aromatic N) is 7. The zero-order valence-corrected chi connectivity index (χ0v) is 60.0. The van der Waals surface area contributed by atoms with Gasteiger partial charge in [0.2, 0.25) is 17.7 Å². The molecule has 3 amide bonds. The van der Waals surface area contributed by atoms with Crippen molar-refractivity contribution in [2.45, 2.75) is 200 Å². The van der Waals surface area contributed by atoms with Gasteiger partial charge in [0.05, 0.1) is 43.7 Å². The molecule has 6 N–H and O–H groups in total. The lowest BCUT2D eigenvalue weighted by atomic mass is 9.80. The Morgan fingerprint density at radius 2 is 1.49 bits per heavy atom. The second kappa shape index (κ2) is 40.5. The molecule has 0 aromatic carbocycles. The molecule has 1 saturated carbocycles. The molecule has 0 radical (unpaired) electrons. The van der Waals surface area contributed by atoms with Crippen LogP contribution < -0.4 is 26.2 Å². The summed E-state index contributed by atoms with van der Waals surface area (Å²) in [6.07, 6.45) is 12.5. The molecule has 5 heterocycles. The van der Waals surface area contributed by atoms with Gasteiger partial charge in [0.15, 0.2) is 5.78 Å². The Balaban J connectivity index is 1.07. The van der Waals surface area contributed by atoms with Crippen LogP contribution in [0.2, 0.25) is 0 Å². The van der Waals surface area contributed by atoms with E-state index in [9.17, 15) is 43.8 Å². The Hall–Kier alpha value is -6.95. The number of hydrogen-bond acceptors (Lipinski definition) is 24. The number of nitrogens with two attached hydrogens (primary N) is 1. The van der Waals surface area contributed by atoms with Crippen LogP contribution in [0.4, 0.5) is 16.7 Å². The zero-order chi connectivity index (χ0) is 72.3. The number of aliphatic hydroxyl groups excluding tert-OH is 1. The van der Waals surface area contributed by atoms with Gasteiger partial charge < -0.3 is 79.2 Å². The largest absolute Gasteiger partial charge is 0.459 e. The number of alkyl carbamates (subject to hydrolysis) is 1. The summed E-state index contributed by atoms with van der Waals surface area (Å²) >= 11 is 0. The van der Waals surface area contributed by atoms with Crippen molar-refractivity contribution >= 4 is 53.1 Å². The fourth-order valence-corrected chi connectivity index (χ4v) is 13.1.